The van der Waals surface area contributed by atoms with Gasteiger partial charge in [0.2, 0.25) is 5.91 Å². The van der Waals surface area contributed by atoms with Gasteiger partial charge in [0.15, 0.2) is 0 Å². The van der Waals surface area contributed by atoms with Crippen LogP contribution in [0.3, 0.4) is 0 Å². The molecule has 0 radical (unpaired) electrons. The summed E-state index contributed by atoms with van der Waals surface area (Å²) in [6.45, 7) is 11.0. The van der Waals surface area contributed by atoms with E-state index in [-0.39, 0.29) is 22.9 Å². The fraction of sp³-hybridized carbons (Fsp3) is 0.909. The van der Waals surface area contributed by atoms with Crippen molar-refractivity contribution in [3.05, 3.63) is 0 Å². The number of carbonyl (C=O) groups excluding carboxylic acids is 1. The fourth-order valence-electron chi connectivity index (χ4n) is 2.67. The molecule has 0 aromatic rings. The van der Waals surface area contributed by atoms with Gasteiger partial charge in [0.1, 0.15) is 0 Å². The molecule has 3 heteroatoms. The van der Waals surface area contributed by atoms with Crippen molar-refractivity contribution in [1.82, 2.24) is 4.90 Å². The van der Waals surface area contributed by atoms with Gasteiger partial charge in [-0.1, -0.05) is 0 Å². The maximum Gasteiger partial charge on any atom is 0.223 e. The summed E-state index contributed by atoms with van der Waals surface area (Å²) >= 11 is 0. The van der Waals surface area contributed by atoms with Crippen LogP contribution in [0.15, 0.2) is 0 Å². The van der Waals surface area contributed by atoms with Crippen molar-refractivity contribution < 1.29 is 4.79 Å². The third kappa shape index (κ3) is 1.65. The summed E-state index contributed by atoms with van der Waals surface area (Å²) in [4.78, 5) is 13.9. The largest absolute Gasteiger partial charge is 0.332 e. The van der Waals surface area contributed by atoms with Crippen LogP contribution < -0.4 is 5.73 Å². The molecule has 1 aliphatic rings. The molecule has 2 N–H and O–H groups in total. The van der Waals surface area contributed by atoms with Gasteiger partial charge in [0.25, 0.3) is 0 Å². The summed E-state index contributed by atoms with van der Waals surface area (Å²) in [6, 6.07) is 0. The number of amides is 1. The van der Waals surface area contributed by atoms with E-state index in [0.29, 0.717) is 13.0 Å². The minimum absolute atomic E-state index is 0.107. The number of nitrogens with zero attached hydrogens (tertiary/aromatic N) is 1. The lowest BCUT2D eigenvalue weighted by Gasteiger charge is -2.44. The third-order valence-electron chi connectivity index (χ3n) is 3.20. The Morgan fingerprint density at radius 3 is 2.21 bits per heavy atom. The van der Waals surface area contributed by atoms with Crippen LogP contribution in [0.2, 0.25) is 0 Å². The fourth-order valence-corrected chi connectivity index (χ4v) is 2.67. The van der Waals surface area contributed by atoms with Crippen molar-refractivity contribution in [2.45, 2.75) is 52.1 Å². The number of carbonyl (C=O) groups is 1. The smallest absolute Gasteiger partial charge is 0.223 e. The summed E-state index contributed by atoms with van der Waals surface area (Å²) in [5, 5.41) is 0. The Bertz CT molecular complexity index is 240. The van der Waals surface area contributed by atoms with Crippen molar-refractivity contribution in [2.75, 3.05) is 6.54 Å². The van der Waals surface area contributed by atoms with Gasteiger partial charge in [-0.3, -0.25) is 4.79 Å². The predicted molar refractivity (Wildman–Crippen MR) is 57.8 cm³/mol. The van der Waals surface area contributed by atoms with E-state index in [1.54, 1.807) is 0 Å². The molecule has 1 amide bonds. The van der Waals surface area contributed by atoms with Crippen molar-refractivity contribution in [2.24, 2.45) is 11.7 Å². The molecule has 82 valence electrons. The van der Waals surface area contributed by atoms with E-state index in [1.807, 2.05) is 4.90 Å². The van der Waals surface area contributed by atoms with Crippen LogP contribution >= 0.6 is 0 Å². The highest BCUT2D eigenvalue weighted by Crippen LogP contribution is 2.39. The van der Waals surface area contributed by atoms with Crippen molar-refractivity contribution in [3.63, 3.8) is 0 Å². The zero-order valence-electron chi connectivity index (χ0n) is 9.92. The van der Waals surface area contributed by atoms with Crippen LogP contribution in [0, 0.1) is 5.92 Å². The lowest BCUT2D eigenvalue weighted by Crippen LogP contribution is -2.54. The highest BCUT2D eigenvalue weighted by Gasteiger charge is 2.49. The molecule has 0 aliphatic carbocycles. The maximum absolute atomic E-state index is 11.9. The first-order valence-electron chi connectivity index (χ1n) is 5.24. The average molecular weight is 198 g/mol. The predicted octanol–water partition coefficient (Wildman–Crippen LogP) is 1.37. The summed E-state index contributed by atoms with van der Waals surface area (Å²) in [5.41, 5.74) is 5.48. The van der Waals surface area contributed by atoms with Crippen LogP contribution in [0.1, 0.15) is 41.0 Å². The van der Waals surface area contributed by atoms with Crippen LogP contribution in [0.5, 0.6) is 0 Å². The quantitative estimate of drug-likeness (QED) is 0.691. The molecule has 3 nitrogen and oxygen atoms in total. The van der Waals surface area contributed by atoms with Gasteiger partial charge < -0.3 is 10.6 Å². The van der Waals surface area contributed by atoms with Crippen molar-refractivity contribution in [3.8, 4) is 0 Å². The summed E-state index contributed by atoms with van der Waals surface area (Å²) in [7, 11) is 0. The lowest BCUT2D eigenvalue weighted by atomic mass is 9.86. The average Bonchev–Trinajstić information content (AvgIpc) is 2.18. The molecule has 14 heavy (non-hydrogen) atoms. The normalized spacial score (nSPS) is 27.1. The molecule has 0 aromatic carbocycles. The first-order chi connectivity index (χ1) is 6.21. The molecule has 1 aliphatic heterocycles. The number of rotatable bonds is 1. The first kappa shape index (κ1) is 11.5. The van der Waals surface area contributed by atoms with Crippen LogP contribution in [0.4, 0.5) is 0 Å². The van der Waals surface area contributed by atoms with E-state index in [0.717, 1.165) is 0 Å². The summed E-state index contributed by atoms with van der Waals surface area (Å²) < 4.78 is 0. The molecule has 0 saturated carbocycles. The summed E-state index contributed by atoms with van der Waals surface area (Å²) in [6.07, 6.45) is 0.598. The van der Waals surface area contributed by atoms with Gasteiger partial charge >= 0.3 is 0 Å². The van der Waals surface area contributed by atoms with Gasteiger partial charge in [0, 0.05) is 23.4 Å². The standard InChI is InChI=1S/C11H22N2O/c1-10(2,3)13-9(14)6-8(7-12)11(13,4)5/h8H,6-7,12H2,1-5H3. The van der Waals surface area contributed by atoms with E-state index >= 15 is 0 Å². The molecule has 0 bridgehead atoms. The Balaban J connectivity index is 3.02. The van der Waals surface area contributed by atoms with E-state index in [1.165, 1.54) is 0 Å². The molecule has 0 aromatic heterocycles. The Kier molecular flexibility index (Phi) is 2.65. The second-order valence-corrected chi connectivity index (χ2v) is 5.69. The van der Waals surface area contributed by atoms with Gasteiger partial charge in [-0.2, -0.15) is 0 Å². The topological polar surface area (TPSA) is 46.3 Å². The molecule has 0 spiro atoms. The summed E-state index contributed by atoms with van der Waals surface area (Å²) in [5.74, 6) is 0.521. The number of nitrogens with two attached hydrogens (primary N) is 1. The Morgan fingerprint density at radius 2 is 2.00 bits per heavy atom. The zero-order chi connectivity index (χ0) is 11.1. The van der Waals surface area contributed by atoms with Gasteiger partial charge in [-0.25, -0.2) is 0 Å². The molecule has 1 saturated heterocycles. The molecular weight excluding hydrogens is 176 g/mol. The van der Waals surface area contributed by atoms with E-state index in [9.17, 15) is 4.79 Å². The zero-order valence-corrected chi connectivity index (χ0v) is 9.92. The number of hydrogen-bond acceptors (Lipinski definition) is 2. The highest BCUT2D eigenvalue weighted by atomic mass is 16.2. The van der Waals surface area contributed by atoms with Crippen LogP contribution in [-0.2, 0) is 4.79 Å². The SMILES string of the molecule is CC(C)(C)N1C(=O)CC(CN)C1(C)C. The molecule has 1 atom stereocenters. The first-order valence-corrected chi connectivity index (χ1v) is 5.24. The van der Waals surface area contributed by atoms with E-state index in [4.69, 9.17) is 5.73 Å². The molecule has 1 rings (SSSR count). The van der Waals surface area contributed by atoms with Crippen molar-refractivity contribution in [1.29, 1.82) is 0 Å². The maximum atomic E-state index is 11.9. The molecule has 1 fully saturated rings. The molecular formula is C11H22N2O. The van der Waals surface area contributed by atoms with E-state index < -0.39 is 0 Å². The van der Waals surface area contributed by atoms with Crippen LogP contribution in [-0.4, -0.2) is 28.4 Å². The molecule has 1 heterocycles. The number of likely N-dealkylation sites (tertiary alicyclic amines) is 1. The second kappa shape index (κ2) is 3.23. The minimum atomic E-state index is -0.107. The second-order valence-electron chi connectivity index (χ2n) is 5.69. The third-order valence-corrected chi connectivity index (χ3v) is 3.20. The monoisotopic (exact) mass is 198 g/mol. The Hall–Kier alpha value is -0.570. The van der Waals surface area contributed by atoms with Gasteiger partial charge in [-0.15, -0.1) is 0 Å². The molecule has 1 unspecified atom stereocenters. The van der Waals surface area contributed by atoms with Gasteiger partial charge in [0.05, 0.1) is 0 Å². The minimum Gasteiger partial charge on any atom is -0.332 e. The Labute approximate surface area is 86.6 Å². The van der Waals surface area contributed by atoms with E-state index in [2.05, 4.69) is 34.6 Å². The lowest BCUT2D eigenvalue weighted by molar-refractivity contribution is -0.136. The van der Waals surface area contributed by atoms with Crippen LogP contribution in [0.25, 0.3) is 0 Å². The highest BCUT2D eigenvalue weighted by molar-refractivity contribution is 5.81. The van der Waals surface area contributed by atoms with Crippen molar-refractivity contribution >= 4 is 5.91 Å². The number of hydrogen-bond donors (Lipinski definition) is 1. The van der Waals surface area contributed by atoms with Gasteiger partial charge in [-0.05, 0) is 41.2 Å². The Morgan fingerprint density at radius 1 is 1.50 bits per heavy atom.